The Hall–Kier alpha value is -1.22. The third-order valence-corrected chi connectivity index (χ3v) is 2.19. The van der Waals surface area contributed by atoms with Gasteiger partial charge in [0.2, 0.25) is 0 Å². The summed E-state index contributed by atoms with van der Waals surface area (Å²) in [6, 6.07) is 3.46. The normalized spacial score (nSPS) is 12.5. The number of hydrogen-bond donors (Lipinski definition) is 1. The van der Waals surface area contributed by atoms with Gasteiger partial charge in [-0.25, -0.2) is 8.78 Å². The van der Waals surface area contributed by atoms with Crippen LogP contribution >= 0.6 is 0 Å². The molecule has 0 heterocycles. The molecule has 0 radical (unpaired) electrons. The van der Waals surface area contributed by atoms with Gasteiger partial charge in [0, 0.05) is 12.1 Å². The lowest BCUT2D eigenvalue weighted by atomic mass is 10.0. The highest BCUT2D eigenvalue weighted by atomic mass is 19.1. The molecule has 3 heteroatoms. The lowest BCUT2D eigenvalue weighted by molar-refractivity contribution is 0.550. The number of hydrogen-bond acceptors (Lipinski definition) is 1. The second-order valence-electron chi connectivity index (χ2n) is 3.71. The summed E-state index contributed by atoms with van der Waals surface area (Å²) in [6.07, 6.45) is 0.666. The second kappa shape index (κ2) is 5.03. The van der Waals surface area contributed by atoms with Crippen LogP contribution in [0.3, 0.4) is 0 Å². The number of benzene rings is 1. The Kier molecular flexibility index (Phi) is 3.97. The van der Waals surface area contributed by atoms with Crippen LogP contribution in [-0.4, -0.2) is 7.05 Å². The Morgan fingerprint density at radius 2 is 1.87 bits per heavy atom. The summed E-state index contributed by atoms with van der Waals surface area (Å²) >= 11 is 0. The van der Waals surface area contributed by atoms with Gasteiger partial charge in [0.1, 0.15) is 11.6 Å². The van der Waals surface area contributed by atoms with Crippen molar-refractivity contribution in [2.24, 2.45) is 0 Å². The molecule has 1 N–H and O–H groups in total. The highest BCUT2D eigenvalue weighted by molar-refractivity contribution is 5.22. The quantitative estimate of drug-likeness (QED) is 0.754. The molecule has 1 nitrogen and oxygen atoms in total. The van der Waals surface area contributed by atoms with Crippen LogP contribution in [-0.2, 0) is 0 Å². The van der Waals surface area contributed by atoms with E-state index in [9.17, 15) is 8.78 Å². The molecule has 0 aliphatic rings. The number of rotatable bonds is 4. The molecule has 0 bridgehead atoms. The predicted octanol–water partition coefficient (Wildman–Crippen LogP) is 3.19. The Morgan fingerprint density at radius 3 is 2.27 bits per heavy atom. The van der Waals surface area contributed by atoms with Gasteiger partial charge < -0.3 is 5.32 Å². The Morgan fingerprint density at radius 1 is 1.33 bits per heavy atom. The van der Waals surface area contributed by atoms with Crippen molar-refractivity contribution in [2.75, 3.05) is 7.05 Å². The molecule has 1 atom stereocenters. The molecule has 0 spiro atoms. The molecule has 1 aromatic carbocycles. The second-order valence-corrected chi connectivity index (χ2v) is 3.71. The summed E-state index contributed by atoms with van der Waals surface area (Å²) in [5, 5.41) is 3.01. The van der Waals surface area contributed by atoms with E-state index in [1.54, 1.807) is 7.05 Å². The molecule has 1 unspecified atom stereocenters. The van der Waals surface area contributed by atoms with Crippen molar-refractivity contribution in [1.82, 2.24) is 5.32 Å². The SMILES string of the molecule is C=C(C)CC(NC)c1cc(F)cc(F)c1. The Bertz CT molecular complexity index is 340. The maximum Gasteiger partial charge on any atom is 0.126 e. The molecule has 0 aromatic heterocycles. The predicted molar refractivity (Wildman–Crippen MR) is 57.6 cm³/mol. The molecule has 15 heavy (non-hydrogen) atoms. The van der Waals surface area contributed by atoms with E-state index in [0.29, 0.717) is 12.0 Å². The van der Waals surface area contributed by atoms with Crippen molar-refractivity contribution in [2.45, 2.75) is 19.4 Å². The Balaban J connectivity index is 2.95. The first-order chi connectivity index (χ1) is 7.02. The van der Waals surface area contributed by atoms with Crippen molar-refractivity contribution in [3.8, 4) is 0 Å². The smallest absolute Gasteiger partial charge is 0.126 e. The first-order valence-corrected chi connectivity index (χ1v) is 4.80. The molecule has 0 saturated carbocycles. The van der Waals surface area contributed by atoms with Crippen LogP contribution < -0.4 is 5.32 Å². The maximum absolute atomic E-state index is 13.0. The van der Waals surface area contributed by atoms with E-state index in [-0.39, 0.29) is 6.04 Å². The van der Waals surface area contributed by atoms with Crippen LogP contribution in [0.2, 0.25) is 0 Å². The van der Waals surface area contributed by atoms with Crippen LogP contribution in [0.25, 0.3) is 0 Å². The fourth-order valence-electron chi connectivity index (χ4n) is 1.51. The molecule has 82 valence electrons. The molecule has 0 saturated heterocycles. The van der Waals surface area contributed by atoms with Crippen molar-refractivity contribution in [3.05, 3.63) is 47.5 Å². The molecular weight excluding hydrogens is 196 g/mol. The number of nitrogens with one attached hydrogen (secondary N) is 1. The minimum atomic E-state index is -0.549. The van der Waals surface area contributed by atoms with Crippen molar-refractivity contribution < 1.29 is 8.78 Å². The largest absolute Gasteiger partial charge is 0.313 e. The van der Waals surface area contributed by atoms with Gasteiger partial charge >= 0.3 is 0 Å². The fraction of sp³-hybridized carbons (Fsp3) is 0.333. The van der Waals surface area contributed by atoms with Crippen LogP contribution in [0.4, 0.5) is 8.78 Å². The van der Waals surface area contributed by atoms with E-state index in [0.717, 1.165) is 11.6 Å². The van der Waals surface area contributed by atoms with Crippen LogP contribution in [0, 0.1) is 11.6 Å². The van der Waals surface area contributed by atoms with Gasteiger partial charge in [-0.15, -0.1) is 6.58 Å². The standard InChI is InChI=1S/C12H15F2N/c1-8(2)4-12(15-3)9-5-10(13)7-11(14)6-9/h5-7,12,15H,1,4H2,2-3H3. The van der Waals surface area contributed by atoms with Crippen LogP contribution in [0.1, 0.15) is 24.9 Å². The van der Waals surface area contributed by atoms with Gasteiger partial charge in [-0.1, -0.05) is 5.57 Å². The van der Waals surface area contributed by atoms with Gasteiger partial charge in [0.25, 0.3) is 0 Å². The molecule has 1 rings (SSSR count). The lowest BCUT2D eigenvalue weighted by Gasteiger charge is -2.16. The maximum atomic E-state index is 13.0. The van der Waals surface area contributed by atoms with E-state index in [2.05, 4.69) is 11.9 Å². The third kappa shape index (κ3) is 3.44. The zero-order chi connectivity index (χ0) is 11.4. The highest BCUT2D eigenvalue weighted by Gasteiger charge is 2.11. The zero-order valence-electron chi connectivity index (χ0n) is 8.98. The highest BCUT2D eigenvalue weighted by Crippen LogP contribution is 2.21. The van der Waals surface area contributed by atoms with Crippen molar-refractivity contribution >= 4 is 0 Å². The van der Waals surface area contributed by atoms with Gasteiger partial charge in [0.05, 0.1) is 0 Å². The fourth-order valence-corrected chi connectivity index (χ4v) is 1.51. The van der Waals surface area contributed by atoms with Crippen molar-refractivity contribution in [1.29, 1.82) is 0 Å². The Labute approximate surface area is 88.8 Å². The van der Waals surface area contributed by atoms with E-state index >= 15 is 0 Å². The summed E-state index contributed by atoms with van der Waals surface area (Å²) in [5.41, 5.74) is 1.58. The van der Waals surface area contributed by atoms with Crippen molar-refractivity contribution in [3.63, 3.8) is 0 Å². The van der Waals surface area contributed by atoms with E-state index in [4.69, 9.17) is 0 Å². The van der Waals surface area contributed by atoms with Crippen LogP contribution in [0.15, 0.2) is 30.4 Å². The number of halogens is 2. The summed E-state index contributed by atoms with van der Waals surface area (Å²) < 4.78 is 25.9. The summed E-state index contributed by atoms with van der Waals surface area (Å²) in [4.78, 5) is 0. The monoisotopic (exact) mass is 211 g/mol. The molecular formula is C12H15F2N. The first kappa shape index (κ1) is 11.9. The zero-order valence-corrected chi connectivity index (χ0v) is 8.98. The minimum Gasteiger partial charge on any atom is -0.313 e. The molecule has 0 amide bonds. The topological polar surface area (TPSA) is 12.0 Å². The average Bonchev–Trinajstić information content (AvgIpc) is 2.12. The van der Waals surface area contributed by atoms with Crippen LogP contribution in [0.5, 0.6) is 0 Å². The lowest BCUT2D eigenvalue weighted by Crippen LogP contribution is -2.17. The summed E-state index contributed by atoms with van der Waals surface area (Å²) in [5.74, 6) is -1.10. The average molecular weight is 211 g/mol. The molecule has 0 aliphatic heterocycles. The van der Waals surface area contributed by atoms with Gasteiger partial charge in [-0.3, -0.25) is 0 Å². The molecule has 0 aliphatic carbocycles. The first-order valence-electron chi connectivity index (χ1n) is 4.80. The molecule has 0 fully saturated rings. The summed E-state index contributed by atoms with van der Waals surface area (Å²) in [6.45, 7) is 5.67. The van der Waals surface area contributed by atoms with E-state index in [1.165, 1.54) is 12.1 Å². The van der Waals surface area contributed by atoms with E-state index < -0.39 is 11.6 Å². The van der Waals surface area contributed by atoms with E-state index in [1.807, 2.05) is 6.92 Å². The summed E-state index contributed by atoms with van der Waals surface area (Å²) in [7, 11) is 1.76. The molecule has 1 aromatic rings. The minimum absolute atomic E-state index is 0.0901. The van der Waals surface area contributed by atoms with Gasteiger partial charge in [-0.05, 0) is 38.1 Å². The third-order valence-electron chi connectivity index (χ3n) is 2.19. The van der Waals surface area contributed by atoms with Gasteiger partial charge in [-0.2, -0.15) is 0 Å². The van der Waals surface area contributed by atoms with Gasteiger partial charge in [0.15, 0.2) is 0 Å².